The fourth-order valence-electron chi connectivity index (χ4n) is 3.15. The van der Waals surface area contributed by atoms with Crippen molar-refractivity contribution in [2.45, 2.75) is 25.8 Å². The highest BCUT2D eigenvalue weighted by Gasteiger charge is 2.32. The molecule has 26 heavy (non-hydrogen) atoms. The van der Waals surface area contributed by atoms with Gasteiger partial charge in [0.25, 0.3) is 5.91 Å². The van der Waals surface area contributed by atoms with Crippen LogP contribution in [0.25, 0.3) is 0 Å². The molecule has 0 aliphatic heterocycles. The third-order valence-corrected chi connectivity index (χ3v) is 5.06. The molecule has 1 amide bonds. The molecule has 0 N–H and O–H groups in total. The van der Waals surface area contributed by atoms with Crippen molar-refractivity contribution in [3.63, 3.8) is 0 Å². The topological polar surface area (TPSA) is 46.6 Å². The molecule has 0 bridgehead atoms. The zero-order chi connectivity index (χ0) is 18.8. The lowest BCUT2D eigenvalue weighted by Crippen LogP contribution is -2.31. The van der Waals surface area contributed by atoms with Crippen LogP contribution in [-0.4, -0.2) is 30.2 Å². The number of carbonyl (C=O) groups excluding carboxylic acids is 2. The van der Waals surface area contributed by atoms with Crippen LogP contribution in [-0.2, 0) is 11.3 Å². The molecule has 1 atom stereocenters. The summed E-state index contributed by atoms with van der Waals surface area (Å²) in [5.74, 6) is -0.649. The lowest BCUT2D eigenvalue weighted by atomic mass is 10.0. The number of nitrogens with zero attached hydrogens (tertiary/aromatic N) is 1. The van der Waals surface area contributed by atoms with Gasteiger partial charge < -0.3 is 9.64 Å². The Morgan fingerprint density at radius 3 is 2.65 bits per heavy atom. The zero-order valence-corrected chi connectivity index (χ0v) is 16.2. The van der Waals surface area contributed by atoms with E-state index in [0.29, 0.717) is 12.1 Å². The molecule has 3 rings (SSSR count). The number of ether oxygens (including phenoxy) is 1. The van der Waals surface area contributed by atoms with E-state index < -0.39 is 5.82 Å². The molecule has 2 aromatic rings. The van der Waals surface area contributed by atoms with Crippen molar-refractivity contribution in [1.82, 2.24) is 4.90 Å². The molecule has 0 radical (unpaired) electrons. The van der Waals surface area contributed by atoms with Crippen molar-refractivity contribution in [3.8, 4) is 5.75 Å². The van der Waals surface area contributed by atoms with Crippen LogP contribution >= 0.6 is 15.9 Å². The van der Waals surface area contributed by atoms with Crippen LogP contribution < -0.4 is 4.74 Å². The first-order valence-corrected chi connectivity index (χ1v) is 9.13. The Morgan fingerprint density at radius 1 is 1.27 bits per heavy atom. The number of Topliss-reactive ketones (excluding diaryl/α,β-unsaturated/α-hetero) is 1. The van der Waals surface area contributed by atoms with Crippen molar-refractivity contribution >= 4 is 27.6 Å². The molecule has 0 spiro atoms. The number of halogens is 2. The minimum atomic E-state index is -0.399. The molecule has 136 valence electrons. The third-order valence-electron chi connectivity index (χ3n) is 4.53. The summed E-state index contributed by atoms with van der Waals surface area (Å²) in [6, 6.07) is 10.4. The SMILES string of the molecule is C[C@@H]1CC(=O)c2c(OCC(=O)N(C)Cc3ccc(Br)cc3)ccc(F)c21. The van der Waals surface area contributed by atoms with E-state index in [-0.39, 0.29) is 41.9 Å². The number of benzene rings is 2. The van der Waals surface area contributed by atoms with E-state index in [1.165, 1.54) is 12.1 Å². The van der Waals surface area contributed by atoms with E-state index in [0.717, 1.165) is 10.0 Å². The second kappa shape index (κ2) is 7.58. The van der Waals surface area contributed by atoms with Gasteiger partial charge >= 0.3 is 0 Å². The average molecular weight is 420 g/mol. The van der Waals surface area contributed by atoms with Crippen LogP contribution in [0, 0.1) is 5.82 Å². The molecule has 0 saturated carbocycles. The van der Waals surface area contributed by atoms with Gasteiger partial charge in [-0.25, -0.2) is 4.39 Å². The van der Waals surface area contributed by atoms with Gasteiger partial charge in [-0.1, -0.05) is 35.0 Å². The fourth-order valence-corrected chi connectivity index (χ4v) is 3.41. The predicted octanol–water partition coefficient (Wildman–Crippen LogP) is 4.32. The Kier molecular flexibility index (Phi) is 5.41. The Morgan fingerprint density at radius 2 is 1.96 bits per heavy atom. The molecule has 0 unspecified atom stereocenters. The fraction of sp³-hybridized carbons (Fsp3) is 0.300. The Balaban J connectivity index is 1.67. The maximum atomic E-state index is 14.0. The summed E-state index contributed by atoms with van der Waals surface area (Å²) >= 11 is 3.38. The molecule has 6 heteroatoms. The summed E-state index contributed by atoms with van der Waals surface area (Å²) in [5, 5.41) is 0. The number of rotatable bonds is 5. The summed E-state index contributed by atoms with van der Waals surface area (Å²) in [6.45, 7) is 2.06. The number of amides is 1. The number of fused-ring (bicyclic) bond motifs is 1. The first-order chi connectivity index (χ1) is 12.4. The summed E-state index contributed by atoms with van der Waals surface area (Å²) in [4.78, 5) is 26.0. The van der Waals surface area contributed by atoms with Crippen molar-refractivity contribution in [1.29, 1.82) is 0 Å². The van der Waals surface area contributed by atoms with E-state index in [4.69, 9.17) is 4.74 Å². The van der Waals surface area contributed by atoms with Gasteiger partial charge in [-0.2, -0.15) is 0 Å². The highest BCUT2D eigenvalue weighted by Crippen LogP contribution is 2.39. The molecular weight excluding hydrogens is 401 g/mol. The van der Waals surface area contributed by atoms with Crippen LogP contribution in [0.5, 0.6) is 5.75 Å². The van der Waals surface area contributed by atoms with Crippen LogP contribution in [0.1, 0.15) is 40.7 Å². The molecular formula is C20H19BrFNO3. The Labute approximate surface area is 160 Å². The van der Waals surface area contributed by atoms with E-state index >= 15 is 0 Å². The molecule has 2 aromatic carbocycles. The minimum absolute atomic E-state index is 0.141. The van der Waals surface area contributed by atoms with Gasteiger partial charge in [0, 0.05) is 30.0 Å². The summed E-state index contributed by atoms with van der Waals surface area (Å²) < 4.78 is 20.6. The van der Waals surface area contributed by atoms with Crippen LogP contribution in [0.4, 0.5) is 4.39 Å². The Bertz CT molecular complexity index is 851. The molecule has 0 heterocycles. The number of hydrogen-bond donors (Lipinski definition) is 0. The highest BCUT2D eigenvalue weighted by atomic mass is 79.9. The van der Waals surface area contributed by atoms with Gasteiger partial charge in [0.15, 0.2) is 12.4 Å². The maximum absolute atomic E-state index is 14.0. The minimum Gasteiger partial charge on any atom is -0.483 e. The van der Waals surface area contributed by atoms with Crippen LogP contribution in [0.15, 0.2) is 40.9 Å². The van der Waals surface area contributed by atoms with Gasteiger partial charge in [-0.05, 0) is 35.7 Å². The van der Waals surface area contributed by atoms with Gasteiger partial charge in [-0.3, -0.25) is 9.59 Å². The number of carbonyl (C=O) groups is 2. The molecule has 1 aliphatic carbocycles. The maximum Gasteiger partial charge on any atom is 0.260 e. The monoisotopic (exact) mass is 419 g/mol. The zero-order valence-electron chi connectivity index (χ0n) is 14.6. The van der Waals surface area contributed by atoms with E-state index in [2.05, 4.69) is 15.9 Å². The van der Waals surface area contributed by atoms with Gasteiger partial charge in [0.1, 0.15) is 11.6 Å². The number of hydrogen-bond acceptors (Lipinski definition) is 3. The van der Waals surface area contributed by atoms with Crippen molar-refractivity contribution < 1.29 is 18.7 Å². The number of likely N-dealkylation sites (N-methyl/N-ethyl adjacent to an activating group) is 1. The van der Waals surface area contributed by atoms with Gasteiger partial charge in [0.05, 0.1) is 5.56 Å². The first kappa shape index (κ1) is 18.6. The second-order valence-corrected chi connectivity index (χ2v) is 7.44. The molecule has 0 saturated heterocycles. The molecule has 1 aliphatic rings. The quantitative estimate of drug-likeness (QED) is 0.724. The predicted molar refractivity (Wildman–Crippen MR) is 99.9 cm³/mol. The molecule has 0 fully saturated rings. The largest absolute Gasteiger partial charge is 0.483 e. The molecule has 0 aromatic heterocycles. The summed E-state index contributed by atoms with van der Waals surface area (Å²) in [7, 11) is 1.69. The standard InChI is InChI=1S/C20H19BrFNO3/c1-12-9-16(24)20-17(8-7-15(22)19(12)20)26-11-18(25)23(2)10-13-3-5-14(21)6-4-13/h3-8,12H,9-11H2,1-2H3/t12-/m1/s1. The van der Waals surface area contributed by atoms with E-state index in [1.54, 1.807) is 11.9 Å². The lowest BCUT2D eigenvalue weighted by molar-refractivity contribution is -0.132. The van der Waals surface area contributed by atoms with Crippen molar-refractivity contribution in [2.24, 2.45) is 0 Å². The highest BCUT2D eigenvalue weighted by molar-refractivity contribution is 9.10. The normalized spacial score (nSPS) is 15.7. The van der Waals surface area contributed by atoms with E-state index in [9.17, 15) is 14.0 Å². The first-order valence-electron chi connectivity index (χ1n) is 8.33. The van der Waals surface area contributed by atoms with Crippen molar-refractivity contribution in [3.05, 3.63) is 63.4 Å². The summed E-state index contributed by atoms with van der Waals surface area (Å²) in [6.07, 6.45) is 0.268. The Hall–Kier alpha value is -2.21. The van der Waals surface area contributed by atoms with Crippen LogP contribution in [0.3, 0.4) is 0 Å². The van der Waals surface area contributed by atoms with Gasteiger partial charge in [0.2, 0.25) is 0 Å². The van der Waals surface area contributed by atoms with E-state index in [1.807, 2.05) is 31.2 Å². The van der Waals surface area contributed by atoms with Crippen LogP contribution in [0.2, 0.25) is 0 Å². The van der Waals surface area contributed by atoms with Crippen molar-refractivity contribution in [2.75, 3.05) is 13.7 Å². The molecule has 4 nitrogen and oxygen atoms in total. The summed E-state index contributed by atoms with van der Waals surface area (Å²) in [5.41, 5.74) is 1.67. The second-order valence-electron chi connectivity index (χ2n) is 6.53. The third kappa shape index (κ3) is 3.80. The average Bonchev–Trinajstić information content (AvgIpc) is 2.91. The smallest absolute Gasteiger partial charge is 0.260 e. The lowest BCUT2D eigenvalue weighted by Gasteiger charge is -2.18. The number of ketones is 1. The van der Waals surface area contributed by atoms with Gasteiger partial charge in [-0.15, -0.1) is 0 Å².